The molecule has 1 atom stereocenters. The third-order valence-electron chi connectivity index (χ3n) is 4.64. The number of carbonyl (C=O) groups is 2. The Hall–Kier alpha value is -3.58. The molecule has 7 heteroatoms. The van der Waals surface area contributed by atoms with Gasteiger partial charge >= 0.3 is 0 Å². The van der Waals surface area contributed by atoms with Crippen LogP contribution in [0.3, 0.4) is 0 Å². The average Bonchev–Trinajstić information content (AvgIpc) is 2.79. The van der Waals surface area contributed by atoms with Crippen molar-refractivity contribution in [3.05, 3.63) is 102 Å². The first kappa shape index (κ1) is 22.1. The first-order chi connectivity index (χ1) is 15.0. The van der Waals surface area contributed by atoms with Crippen molar-refractivity contribution in [1.82, 2.24) is 10.6 Å². The van der Waals surface area contributed by atoms with Crippen molar-refractivity contribution in [1.29, 1.82) is 0 Å². The predicted octanol–water partition coefficient (Wildman–Crippen LogP) is 3.59. The van der Waals surface area contributed by atoms with Crippen LogP contribution in [0.5, 0.6) is 0 Å². The maximum Gasteiger partial charge on any atom is 0.243 e. The molecule has 1 unspecified atom stereocenters. The number of benzene rings is 3. The van der Waals surface area contributed by atoms with Crippen LogP contribution >= 0.6 is 0 Å². The molecule has 0 saturated carbocycles. The van der Waals surface area contributed by atoms with Crippen molar-refractivity contribution in [3.8, 4) is 0 Å². The van der Waals surface area contributed by atoms with Crippen LogP contribution in [0.1, 0.15) is 17.2 Å². The monoisotopic (exact) mass is 423 g/mol. The van der Waals surface area contributed by atoms with Gasteiger partial charge in [0.15, 0.2) is 11.6 Å². The van der Waals surface area contributed by atoms with Crippen molar-refractivity contribution < 1.29 is 18.4 Å². The molecule has 0 radical (unpaired) electrons. The van der Waals surface area contributed by atoms with Crippen LogP contribution in [-0.2, 0) is 16.0 Å². The van der Waals surface area contributed by atoms with E-state index in [1.807, 2.05) is 60.7 Å². The topological polar surface area (TPSA) is 70.2 Å². The summed E-state index contributed by atoms with van der Waals surface area (Å²) in [5, 5.41) is 8.16. The van der Waals surface area contributed by atoms with E-state index in [1.54, 1.807) is 0 Å². The Morgan fingerprint density at radius 3 is 2.13 bits per heavy atom. The third-order valence-corrected chi connectivity index (χ3v) is 4.64. The zero-order valence-electron chi connectivity index (χ0n) is 16.8. The molecule has 0 spiro atoms. The zero-order chi connectivity index (χ0) is 22.1. The molecule has 2 amide bonds. The molecule has 0 bridgehead atoms. The van der Waals surface area contributed by atoms with Crippen LogP contribution in [0.2, 0.25) is 0 Å². The summed E-state index contributed by atoms with van der Waals surface area (Å²) in [7, 11) is 0. The second-order valence-electron chi connectivity index (χ2n) is 6.99. The van der Waals surface area contributed by atoms with Gasteiger partial charge in [-0.2, -0.15) is 0 Å². The Morgan fingerprint density at radius 1 is 0.774 bits per heavy atom. The van der Waals surface area contributed by atoms with E-state index in [1.165, 1.54) is 6.07 Å². The maximum absolute atomic E-state index is 13.2. The fourth-order valence-corrected chi connectivity index (χ4v) is 3.08. The molecule has 5 nitrogen and oxygen atoms in total. The van der Waals surface area contributed by atoms with Gasteiger partial charge in [-0.05, 0) is 29.7 Å². The molecular formula is C24H23F2N3O2. The summed E-state index contributed by atoms with van der Waals surface area (Å²) >= 11 is 0. The van der Waals surface area contributed by atoms with E-state index in [0.717, 1.165) is 23.3 Å². The van der Waals surface area contributed by atoms with E-state index in [0.29, 0.717) is 6.42 Å². The van der Waals surface area contributed by atoms with Gasteiger partial charge in [-0.15, -0.1) is 0 Å². The number of anilines is 1. The second-order valence-corrected chi connectivity index (χ2v) is 6.99. The minimum atomic E-state index is -1.06. The van der Waals surface area contributed by atoms with E-state index >= 15 is 0 Å². The molecule has 0 aromatic heterocycles. The zero-order valence-corrected chi connectivity index (χ0v) is 16.8. The van der Waals surface area contributed by atoms with Crippen molar-refractivity contribution in [2.45, 2.75) is 12.5 Å². The molecule has 3 N–H and O–H groups in total. The van der Waals surface area contributed by atoms with E-state index < -0.39 is 17.5 Å². The highest BCUT2D eigenvalue weighted by Gasteiger charge is 2.14. The number of carbonyl (C=O) groups excluding carboxylic acids is 2. The summed E-state index contributed by atoms with van der Waals surface area (Å²) in [4.78, 5) is 24.2. The first-order valence-electron chi connectivity index (χ1n) is 9.85. The molecule has 31 heavy (non-hydrogen) atoms. The summed E-state index contributed by atoms with van der Waals surface area (Å²) < 4.78 is 26.2. The fourth-order valence-electron chi connectivity index (χ4n) is 3.08. The third kappa shape index (κ3) is 7.01. The van der Waals surface area contributed by atoms with Gasteiger partial charge in [0.25, 0.3) is 0 Å². The molecule has 0 aliphatic carbocycles. The number of halogens is 2. The fraction of sp³-hybridized carbons (Fsp3) is 0.167. The quantitative estimate of drug-likeness (QED) is 0.493. The molecule has 0 saturated heterocycles. The lowest BCUT2D eigenvalue weighted by Gasteiger charge is -2.19. The Kier molecular flexibility index (Phi) is 7.84. The summed E-state index contributed by atoms with van der Waals surface area (Å²) in [5.74, 6) is -2.95. The average molecular weight is 423 g/mol. The molecule has 0 heterocycles. The maximum atomic E-state index is 13.2. The largest absolute Gasteiger partial charge is 0.346 e. The van der Waals surface area contributed by atoms with Crippen molar-refractivity contribution in [2.24, 2.45) is 0 Å². The normalized spacial score (nSPS) is 11.5. The van der Waals surface area contributed by atoms with Crippen LogP contribution < -0.4 is 16.0 Å². The highest BCUT2D eigenvalue weighted by Crippen LogP contribution is 2.18. The molecule has 3 aromatic rings. The molecule has 0 aliphatic heterocycles. The Balaban J connectivity index is 1.50. The Bertz CT molecular complexity index is 1010. The number of nitrogens with one attached hydrogen (secondary N) is 3. The number of rotatable bonds is 9. The molecule has 0 aliphatic rings. The first-order valence-corrected chi connectivity index (χ1v) is 9.85. The second kappa shape index (κ2) is 11.0. The lowest BCUT2D eigenvalue weighted by molar-refractivity contribution is -0.123. The van der Waals surface area contributed by atoms with Crippen LogP contribution in [-0.4, -0.2) is 24.9 Å². The van der Waals surface area contributed by atoms with Crippen molar-refractivity contribution >= 4 is 17.5 Å². The minimum Gasteiger partial charge on any atom is -0.346 e. The lowest BCUT2D eigenvalue weighted by atomic mass is 9.99. The smallest absolute Gasteiger partial charge is 0.243 e. The Labute approximate surface area is 179 Å². The van der Waals surface area contributed by atoms with Crippen LogP contribution in [0, 0.1) is 11.6 Å². The highest BCUT2D eigenvalue weighted by molar-refractivity contribution is 5.94. The standard InChI is InChI=1S/C24H23F2N3O2/c25-20-12-11-19(14-21(20)26)29-24(31)16-28-23(30)15-27-22(18-9-5-2-6-10-18)13-17-7-3-1-4-8-17/h1-12,14,22,27H,13,15-16H2,(H,28,30)(H,29,31). The van der Waals surface area contributed by atoms with Gasteiger partial charge in [-0.3, -0.25) is 9.59 Å². The van der Waals surface area contributed by atoms with Crippen LogP contribution in [0.4, 0.5) is 14.5 Å². The molecule has 3 rings (SSSR count). The van der Waals surface area contributed by atoms with Gasteiger partial charge in [0.05, 0.1) is 13.1 Å². The van der Waals surface area contributed by atoms with Crippen molar-refractivity contribution in [3.63, 3.8) is 0 Å². The Morgan fingerprint density at radius 2 is 1.45 bits per heavy atom. The molecule has 0 fully saturated rings. The minimum absolute atomic E-state index is 0.0187. The summed E-state index contributed by atoms with van der Waals surface area (Å²) in [6.45, 7) is -0.265. The van der Waals surface area contributed by atoms with Gasteiger partial charge < -0.3 is 16.0 Å². The molecule has 160 valence electrons. The summed E-state index contributed by atoms with van der Waals surface area (Å²) in [5.41, 5.74) is 2.30. The lowest BCUT2D eigenvalue weighted by Crippen LogP contribution is -2.39. The van der Waals surface area contributed by atoms with Crippen LogP contribution in [0.25, 0.3) is 0 Å². The van der Waals surface area contributed by atoms with E-state index in [4.69, 9.17) is 0 Å². The number of amides is 2. The van der Waals surface area contributed by atoms with Crippen molar-refractivity contribution in [2.75, 3.05) is 18.4 Å². The summed E-state index contributed by atoms with van der Waals surface area (Å²) in [6, 6.07) is 22.7. The molecule has 3 aromatic carbocycles. The summed E-state index contributed by atoms with van der Waals surface area (Å²) in [6.07, 6.45) is 0.703. The predicted molar refractivity (Wildman–Crippen MR) is 115 cm³/mol. The highest BCUT2D eigenvalue weighted by atomic mass is 19.2. The van der Waals surface area contributed by atoms with E-state index in [-0.39, 0.29) is 30.7 Å². The number of hydrogen-bond acceptors (Lipinski definition) is 3. The van der Waals surface area contributed by atoms with Gasteiger partial charge in [0, 0.05) is 17.8 Å². The molecular weight excluding hydrogens is 400 g/mol. The van der Waals surface area contributed by atoms with Gasteiger partial charge in [0.1, 0.15) is 0 Å². The van der Waals surface area contributed by atoms with E-state index in [2.05, 4.69) is 16.0 Å². The number of hydrogen-bond donors (Lipinski definition) is 3. The van der Waals surface area contributed by atoms with Gasteiger partial charge in [-0.1, -0.05) is 60.7 Å². The van der Waals surface area contributed by atoms with Crippen LogP contribution in [0.15, 0.2) is 78.9 Å². The van der Waals surface area contributed by atoms with Gasteiger partial charge in [-0.25, -0.2) is 8.78 Å². The van der Waals surface area contributed by atoms with E-state index in [9.17, 15) is 18.4 Å². The van der Waals surface area contributed by atoms with Gasteiger partial charge in [0.2, 0.25) is 11.8 Å². The SMILES string of the molecule is O=C(CNC(Cc1ccccc1)c1ccccc1)NCC(=O)Nc1ccc(F)c(F)c1.